The summed E-state index contributed by atoms with van der Waals surface area (Å²) >= 11 is 0. The van der Waals surface area contributed by atoms with E-state index in [-0.39, 0.29) is 12.5 Å². The van der Waals surface area contributed by atoms with Crippen molar-refractivity contribution in [2.75, 3.05) is 6.54 Å². The van der Waals surface area contributed by atoms with Gasteiger partial charge in [0.25, 0.3) is 0 Å². The molecule has 22 heavy (non-hydrogen) atoms. The Bertz CT molecular complexity index is 541. The summed E-state index contributed by atoms with van der Waals surface area (Å²) in [5.41, 5.74) is 0. The maximum atomic E-state index is 12.0. The lowest BCUT2D eigenvalue weighted by Gasteiger charge is -2.34. The van der Waals surface area contributed by atoms with Gasteiger partial charge in [0.2, 0.25) is 5.91 Å². The molecule has 2 aliphatic heterocycles. The van der Waals surface area contributed by atoms with E-state index in [1.54, 1.807) is 0 Å². The van der Waals surface area contributed by atoms with Crippen LogP contribution in [-0.2, 0) is 33.4 Å². The van der Waals surface area contributed by atoms with Crippen molar-refractivity contribution in [3.63, 3.8) is 0 Å². The van der Waals surface area contributed by atoms with E-state index >= 15 is 0 Å². The molecular weight excluding hydrogens is 294 g/mol. The van der Waals surface area contributed by atoms with Crippen LogP contribution in [0, 0.1) is 0 Å². The normalized spacial score (nSPS) is 29.8. The molecule has 2 heterocycles. The fourth-order valence-corrected chi connectivity index (χ4v) is 2.76. The standard InChI is InChI=1S/C14H17NO7/c1-7(16)20-10-4-5-12(19)15-6-11(21-8(2)17)14(13(10)15)22-9(3)18/h4-5,10-11,13-14H,6H2,1-3H3/t10-,11+,13-,14-/m1/s1. The summed E-state index contributed by atoms with van der Waals surface area (Å²) in [4.78, 5) is 47.1. The molecule has 2 aliphatic rings. The molecule has 0 bridgehead atoms. The van der Waals surface area contributed by atoms with Crippen molar-refractivity contribution in [3.8, 4) is 0 Å². The molecular formula is C14H17NO7. The lowest BCUT2D eigenvalue weighted by molar-refractivity contribution is -0.167. The number of hydrogen-bond acceptors (Lipinski definition) is 7. The zero-order valence-corrected chi connectivity index (χ0v) is 12.5. The van der Waals surface area contributed by atoms with Crippen LogP contribution in [0.3, 0.4) is 0 Å². The Kier molecular flexibility index (Phi) is 4.48. The van der Waals surface area contributed by atoms with Gasteiger partial charge in [-0.1, -0.05) is 0 Å². The fraction of sp³-hybridized carbons (Fsp3) is 0.571. The number of fused-ring (bicyclic) bond motifs is 1. The zero-order valence-electron chi connectivity index (χ0n) is 12.5. The van der Waals surface area contributed by atoms with Crippen molar-refractivity contribution in [1.82, 2.24) is 4.90 Å². The van der Waals surface area contributed by atoms with E-state index in [1.807, 2.05) is 0 Å². The molecule has 0 aromatic carbocycles. The van der Waals surface area contributed by atoms with Gasteiger partial charge in [0.15, 0.2) is 12.2 Å². The summed E-state index contributed by atoms with van der Waals surface area (Å²) in [6.07, 6.45) is 0.274. The summed E-state index contributed by atoms with van der Waals surface area (Å²) in [5, 5.41) is 0. The molecule has 1 fully saturated rings. The molecule has 120 valence electrons. The number of carbonyl (C=O) groups excluding carboxylic acids is 4. The number of hydrogen-bond donors (Lipinski definition) is 0. The molecule has 4 atom stereocenters. The molecule has 0 N–H and O–H groups in total. The second-order valence-electron chi connectivity index (χ2n) is 5.14. The first-order valence-corrected chi connectivity index (χ1v) is 6.80. The Morgan fingerprint density at radius 1 is 1.05 bits per heavy atom. The summed E-state index contributed by atoms with van der Waals surface area (Å²) in [5.74, 6) is -1.97. The van der Waals surface area contributed by atoms with Crippen molar-refractivity contribution in [1.29, 1.82) is 0 Å². The van der Waals surface area contributed by atoms with E-state index in [0.29, 0.717) is 0 Å². The van der Waals surface area contributed by atoms with Gasteiger partial charge in [-0.3, -0.25) is 19.2 Å². The first-order chi connectivity index (χ1) is 10.3. The third kappa shape index (κ3) is 3.26. The fourth-order valence-electron chi connectivity index (χ4n) is 2.76. The Labute approximate surface area is 127 Å². The van der Waals surface area contributed by atoms with Gasteiger partial charge in [0, 0.05) is 26.8 Å². The van der Waals surface area contributed by atoms with Crippen molar-refractivity contribution in [2.24, 2.45) is 0 Å². The predicted octanol–water partition coefficient (Wildman–Crippen LogP) is -0.438. The van der Waals surface area contributed by atoms with E-state index in [0.717, 1.165) is 0 Å². The average Bonchev–Trinajstić information content (AvgIpc) is 2.71. The second kappa shape index (κ2) is 6.17. The Morgan fingerprint density at radius 2 is 1.64 bits per heavy atom. The van der Waals surface area contributed by atoms with E-state index in [4.69, 9.17) is 14.2 Å². The molecule has 1 saturated heterocycles. The van der Waals surface area contributed by atoms with Crippen LogP contribution in [0.2, 0.25) is 0 Å². The van der Waals surface area contributed by atoms with Crippen LogP contribution in [0.1, 0.15) is 20.8 Å². The third-order valence-corrected chi connectivity index (χ3v) is 3.41. The van der Waals surface area contributed by atoms with Gasteiger partial charge in [-0.15, -0.1) is 0 Å². The van der Waals surface area contributed by atoms with Crippen LogP contribution in [-0.4, -0.2) is 59.6 Å². The number of esters is 3. The topological polar surface area (TPSA) is 99.2 Å². The first-order valence-electron chi connectivity index (χ1n) is 6.80. The van der Waals surface area contributed by atoms with Crippen LogP contribution in [0.5, 0.6) is 0 Å². The number of amides is 1. The minimum Gasteiger partial charge on any atom is -0.457 e. The second-order valence-corrected chi connectivity index (χ2v) is 5.14. The number of nitrogens with zero attached hydrogens (tertiary/aromatic N) is 1. The SMILES string of the molecule is CC(=O)O[C@H]1[C@H]2[C@H](OC(C)=O)C=CC(=O)N2C[C@@H]1OC(C)=O. The first kappa shape index (κ1) is 16.0. The van der Waals surface area contributed by atoms with Gasteiger partial charge in [-0.25, -0.2) is 0 Å². The van der Waals surface area contributed by atoms with E-state index in [9.17, 15) is 19.2 Å². The molecule has 1 amide bonds. The largest absolute Gasteiger partial charge is 0.457 e. The minimum atomic E-state index is -0.889. The summed E-state index contributed by atoms with van der Waals surface area (Å²) in [6, 6.07) is -0.713. The average molecular weight is 311 g/mol. The maximum Gasteiger partial charge on any atom is 0.303 e. The van der Waals surface area contributed by atoms with Crippen molar-refractivity contribution >= 4 is 23.8 Å². The van der Waals surface area contributed by atoms with Crippen LogP contribution < -0.4 is 0 Å². The van der Waals surface area contributed by atoms with Crippen LogP contribution in [0.4, 0.5) is 0 Å². The highest BCUT2D eigenvalue weighted by Gasteiger charge is 2.53. The monoisotopic (exact) mass is 311 g/mol. The van der Waals surface area contributed by atoms with Gasteiger partial charge in [-0.2, -0.15) is 0 Å². The number of rotatable bonds is 3. The molecule has 0 aromatic heterocycles. The Hall–Kier alpha value is -2.38. The molecule has 8 nitrogen and oxygen atoms in total. The Balaban J connectivity index is 2.31. The summed E-state index contributed by atoms with van der Waals surface area (Å²) in [7, 11) is 0. The van der Waals surface area contributed by atoms with E-state index in [1.165, 1.54) is 37.8 Å². The van der Waals surface area contributed by atoms with Crippen molar-refractivity contribution < 1.29 is 33.4 Å². The smallest absolute Gasteiger partial charge is 0.303 e. The summed E-state index contributed by atoms with van der Waals surface area (Å²) < 4.78 is 15.5. The van der Waals surface area contributed by atoms with Gasteiger partial charge in [-0.05, 0) is 6.08 Å². The molecule has 0 radical (unpaired) electrons. The summed E-state index contributed by atoms with van der Waals surface area (Å²) in [6.45, 7) is 3.76. The van der Waals surface area contributed by atoms with Gasteiger partial charge in [0.1, 0.15) is 12.1 Å². The maximum absolute atomic E-state index is 12.0. The van der Waals surface area contributed by atoms with Crippen LogP contribution in [0.15, 0.2) is 12.2 Å². The molecule has 0 unspecified atom stereocenters. The highest BCUT2D eigenvalue weighted by atomic mass is 16.6. The van der Waals surface area contributed by atoms with E-state index < -0.39 is 42.3 Å². The molecule has 0 aliphatic carbocycles. The lowest BCUT2D eigenvalue weighted by Crippen LogP contribution is -2.51. The van der Waals surface area contributed by atoms with Crippen molar-refractivity contribution in [3.05, 3.63) is 12.2 Å². The van der Waals surface area contributed by atoms with Gasteiger partial charge < -0.3 is 19.1 Å². The van der Waals surface area contributed by atoms with Crippen LogP contribution in [0.25, 0.3) is 0 Å². The van der Waals surface area contributed by atoms with E-state index in [2.05, 4.69) is 0 Å². The third-order valence-electron chi connectivity index (χ3n) is 3.41. The molecule has 8 heteroatoms. The minimum absolute atomic E-state index is 0.0726. The predicted molar refractivity (Wildman–Crippen MR) is 71.3 cm³/mol. The van der Waals surface area contributed by atoms with Crippen molar-refractivity contribution in [2.45, 2.75) is 45.1 Å². The highest BCUT2D eigenvalue weighted by Crippen LogP contribution is 2.31. The van der Waals surface area contributed by atoms with Gasteiger partial charge in [0.05, 0.1) is 6.54 Å². The number of carbonyl (C=O) groups is 4. The molecule has 0 aromatic rings. The highest BCUT2D eigenvalue weighted by molar-refractivity contribution is 5.90. The number of ether oxygens (including phenoxy) is 3. The molecule has 2 rings (SSSR count). The quantitative estimate of drug-likeness (QED) is 0.514. The zero-order chi connectivity index (χ0) is 16.4. The Morgan fingerprint density at radius 3 is 2.18 bits per heavy atom. The lowest BCUT2D eigenvalue weighted by atomic mass is 10.0. The molecule has 0 saturated carbocycles. The van der Waals surface area contributed by atoms with Gasteiger partial charge >= 0.3 is 17.9 Å². The molecule has 0 spiro atoms. The van der Waals surface area contributed by atoms with Crippen LogP contribution >= 0.6 is 0 Å².